The van der Waals surface area contributed by atoms with E-state index in [1.54, 1.807) is 26.0 Å². The predicted octanol–water partition coefficient (Wildman–Crippen LogP) is 3.06. The van der Waals surface area contributed by atoms with Gasteiger partial charge >= 0.3 is 0 Å². The number of aryl methyl sites for hydroxylation is 1. The van der Waals surface area contributed by atoms with Crippen molar-refractivity contribution in [2.75, 3.05) is 0 Å². The van der Waals surface area contributed by atoms with Crippen LogP contribution in [0.2, 0.25) is 0 Å². The van der Waals surface area contributed by atoms with Crippen molar-refractivity contribution in [3.05, 3.63) is 29.3 Å². The van der Waals surface area contributed by atoms with Crippen molar-refractivity contribution in [3.63, 3.8) is 0 Å². The fraction of sp³-hybridized carbons (Fsp3) is 0.429. The quantitative estimate of drug-likeness (QED) is 0.780. The highest BCUT2D eigenvalue weighted by molar-refractivity contribution is 7.90. The molecule has 0 heterocycles. The molecule has 0 aromatic heterocycles. The summed E-state index contributed by atoms with van der Waals surface area (Å²) in [5.41, 5.74) is 0.974. The highest BCUT2D eigenvalue weighted by atomic mass is 32.2. The fourth-order valence-corrected chi connectivity index (χ4v) is 2.81. The topological polar surface area (TPSA) is 70.3 Å². The van der Waals surface area contributed by atoms with E-state index < -0.39 is 10.0 Å². The first-order chi connectivity index (χ1) is 8.59. The third kappa shape index (κ3) is 3.42. The zero-order chi connectivity index (χ0) is 14.8. The van der Waals surface area contributed by atoms with Crippen molar-refractivity contribution in [3.8, 4) is 6.07 Å². The normalized spacial score (nSPS) is 13.2. The summed E-state index contributed by atoms with van der Waals surface area (Å²) in [5.74, 6) is 0. The Morgan fingerprint density at radius 3 is 2.37 bits per heavy atom. The van der Waals surface area contributed by atoms with E-state index >= 15 is 0 Å². The Balaban J connectivity index is 3.48. The second-order valence-corrected chi connectivity index (χ2v) is 7.03. The summed E-state index contributed by atoms with van der Waals surface area (Å²) in [6.07, 6.45) is 0. The third-order valence-corrected chi connectivity index (χ3v) is 4.38. The first-order valence-electron chi connectivity index (χ1n) is 5.91. The highest BCUT2D eigenvalue weighted by Gasteiger charge is 2.22. The van der Waals surface area contributed by atoms with Gasteiger partial charge < -0.3 is 0 Å². The average molecular weight is 278 g/mol. The standard InChI is InChI=1S/C14H18N2O2S/c1-10-7-6-8-13(12(10)9-15)19(17,18)16-11(2)14(3,4)5/h6-8H,1-5H3. The molecule has 0 saturated carbocycles. The Kier molecular flexibility index (Phi) is 4.16. The Morgan fingerprint density at radius 1 is 1.32 bits per heavy atom. The molecule has 0 aliphatic rings. The molecule has 0 aliphatic carbocycles. The molecule has 1 aromatic rings. The van der Waals surface area contributed by atoms with Crippen LogP contribution >= 0.6 is 0 Å². The number of nitrogens with zero attached hydrogens (tertiary/aromatic N) is 2. The molecular weight excluding hydrogens is 260 g/mol. The van der Waals surface area contributed by atoms with E-state index in [2.05, 4.69) is 4.40 Å². The van der Waals surface area contributed by atoms with Crippen LogP contribution < -0.4 is 0 Å². The van der Waals surface area contributed by atoms with Gasteiger partial charge in [-0.15, -0.1) is 0 Å². The molecule has 19 heavy (non-hydrogen) atoms. The largest absolute Gasteiger partial charge is 0.283 e. The number of rotatable bonds is 2. The van der Waals surface area contributed by atoms with Gasteiger partial charge in [0.05, 0.1) is 5.56 Å². The number of hydrogen-bond acceptors (Lipinski definition) is 3. The molecule has 1 aromatic carbocycles. The van der Waals surface area contributed by atoms with E-state index in [1.165, 1.54) is 6.07 Å². The molecule has 0 amide bonds. The lowest BCUT2D eigenvalue weighted by Gasteiger charge is -2.17. The first kappa shape index (κ1) is 15.4. The molecule has 0 N–H and O–H groups in total. The van der Waals surface area contributed by atoms with Crippen molar-refractivity contribution < 1.29 is 8.42 Å². The van der Waals surface area contributed by atoms with E-state index in [-0.39, 0.29) is 15.9 Å². The van der Waals surface area contributed by atoms with Crippen LogP contribution in [0.4, 0.5) is 0 Å². The van der Waals surface area contributed by atoms with Crippen molar-refractivity contribution >= 4 is 15.7 Å². The molecule has 1 rings (SSSR count). The van der Waals surface area contributed by atoms with E-state index in [0.717, 1.165) is 0 Å². The van der Waals surface area contributed by atoms with Crippen molar-refractivity contribution in [1.82, 2.24) is 0 Å². The number of hydrogen-bond donors (Lipinski definition) is 0. The molecule has 0 bridgehead atoms. The number of nitriles is 1. The zero-order valence-corrected chi connectivity index (χ0v) is 12.7. The van der Waals surface area contributed by atoms with Gasteiger partial charge in [-0.05, 0) is 25.5 Å². The van der Waals surface area contributed by atoms with Crippen molar-refractivity contribution in [2.45, 2.75) is 39.5 Å². The summed E-state index contributed by atoms with van der Waals surface area (Å²) in [5, 5.41) is 9.09. The van der Waals surface area contributed by atoms with Crippen LogP contribution in [0, 0.1) is 23.7 Å². The number of sulfonamides is 1. The summed E-state index contributed by atoms with van der Waals surface area (Å²) >= 11 is 0. The lowest BCUT2D eigenvalue weighted by Crippen LogP contribution is -2.18. The molecule has 0 fully saturated rings. The molecule has 0 spiro atoms. The van der Waals surface area contributed by atoms with Gasteiger partial charge in [-0.1, -0.05) is 32.9 Å². The molecule has 5 heteroatoms. The van der Waals surface area contributed by atoms with Gasteiger partial charge in [0.25, 0.3) is 10.0 Å². The monoisotopic (exact) mass is 278 g/mol. The lowest BCUT2D eigenvalue weighted by molar-refractivity contribution is 0.579. The maximum Gasteiger partial charge on any atom is 0.283 e. The van der Waals surface area contributed by atoms with Crippen molar-refractivity contribution in [2.24, 2.45) is 9.81 Å². The second-order valence-electron chi connectivity index (χ2n) is 5.46. The van der Waals surface area contributed by atoms with E-state index in [9.17, 15) is 8.42 Å². The Bertz CT molecular complexity index is 660. The molecule has 102 valence electrons. The second kappa shape index (κ2) is 5.14. The molecular formula is C14H18N2O2S. The van der Waals surface area contributed by atoms with Gasteiger partial charge in [-0.25, -0.2) is 0 Å². The molecule has 0 aliphatic heterocycles. The van der Waals surface area contributed by atoms with E-state index in [0.29, 0.717) is 11.3 Å². The van der Waals surface area contributed by atoms with Gasteiger partial charge in [0.15, 0.2) is 0 Å². The van der Waals surface area contributed by atoms with Crippen LogP contribution in [0.3, 0.4) is 0 Å². The molecule has 0 atom stereocenters. The molecule has 0 saturated heterocycles. The van der Waals surface area contributed by atoms with Gasteiger partial charge in [-0.2, -0.15) is 18.1 Å². The minimum atomic E-state index is -3.84. The van der Waals surface area contributed by atoms with Crippen LogP contribution in [0.1, 0.15) is 38.8 Å². The minimum absolute atomic E-state index is 0.0291. The summed E-state index contributed by atoms with van der Waals surface area (Å²) in [4.78, 5) is -0.0291. The van der Waals surface area contributed by atoms with Gasteiger partial charge in [-0.3, -0.25) is 0 Å². The average Bonchev–Trinajstić information content (AvgIpc) is 2.26. The Hall–Kier alpha value is -1.67. The van der Waals surface area contributed by atoms with E-state index in [4.69, 9.17) is 5.26 Å². The summed E-state index contributed by atoms with van der Waals surface area (Å²) in [7, 11) is -3.84. The van der Waals surface area contributed by atoms with Crippen molar-refractivity contribution in [1.29, 1.82) is 5.26 Å². The fourth-order valence-electron chi connectivity index (χ4n) is 1.37. The van der Waals surface area contributed by atoms with Crippen LogP contribution in [-0.2, 0) is 10.0 Å². The minimum Gasteiger partial charge on any atom is -0.199 e. The number of benzene rings is 1. The summed E-state index contributed by atoms with van der Waals surface area (Å²) in [6.45, 7) is 9.06. The van der Waals surface area contributed by atoms with Crippen LogP contribution in [0.5, 0.6) is 0 Å². The molecule has 0 radical (unpaired) electrons. The highest BCUT2D eigenvalue weighted by Crippen LogP contribution is 2.23. The first-order valence-corrected chi connectivity index (χ1v) is 7.35. The van der Waals surface area contributed by atoms with Crippen LogP contribution in [-0.4, -0.2) is 14.1 Å². The predicted molar refractivity (Wildman–Crippen MR) is 75.6 cm³/mol. The third-order valence-electron chi connectivity index (χ3n) is 2.97. The van der Waals surface area contributed by atoms with Gasteiger partial charge in [0.2, 0.25) is 0 Å². The summed E-state index contributed by atoms with van der Waals surface area (Å²) < 4.78 is 28.4. The van der Waals surface area contributed by atoms with Crippen LogP contribution in [0.15, 0.2) is 27.5 Å². The smallest absolute Gasteiger partial charge is 0.199 e. The zero-order valence-electron chi connectivity index (χ0n) is 11.9. The maximum atomic E-state index is 12.3. The maximum absolute atomic E-state index is 12.3. The van der Waals surface area contributed by atoms with Gasteiger partial charge in [0, 0.05) is 11.1 Å². The van der Waals surface area contributed by atoms with Gasteiger partial charge in [0.1, 0.15) is 11.0 Å². The Morgan fingerprint density at radius 2 is 1.89 bits per heavy atom. The SMILES string of the molecule is CC(=NS(=O)(=O)c1cccc(C)c1C#N)C(C)(C)C. The van der Waals surface area contributed by atoms with Crippen LogP contribution in [0.25, 0.3) is 0 Å². The van der Waals surface area contributed by atoms with E-state index in [1.807, 2.05) is 26.8 Å². The molecule has 4 nitrogen and oxygen atoms in total. The summed E-state index contributed by atoms with van der Waals surface area (Å²) in [6, 6.07) is 6.67. The Labute approximate surface area is 114 Å². The lowest BCUT2D eigenvalue weighted by atomic mass is 9.91. The molecule has 0 unspecified atom stereocenters.